The van der Waals surface area contributed by atoms with Crippen LogP contribution in [-0.4, -0.2) is 53.4 Å². The molecule has 7 nitrogen and oxygen atoms in total. The lowest BCUT2D eigenvalue weighted by Crippen LogP contribution is -2.49. The fourth-order valence-electron chi connectivity index (χ4n) is 3.23. The van der Waals surface area contributed by atoms with Crippen molar-refractivity contribution in [3.05, 3.63) is 64.3 Å². The number of aromatic nitrogens is 3. The van der Waals surface area contributed by atoms with Crippen LogP contribution in [0.3, 0.4) is 0 Å². The van der Waals surface area contributed by atoms with Crippen molar-refractivity contribution in [2.45, 2.75) is 11.8 Å². The molecule has 1 aromatic carbocycles. The molecule has 0 bridgehead atoms. The van der Waals surface area contributed by atoms with Crippen LogP contribution in [0.25, 0.3) is 5.82 Å². The molecule has 1 aliphatic rings. The number of hydrogen-bond acceptors (Lipinski definition) is 5. The van der Waals surface area contributed by atoms with Gasteiger partial charge in [-0.05, 0) is 65.9 Å². The van der Waals surface area contributed by atoms with Gasteiger partial charge in [0.15, 0.2) is 0 Å². The van der Waals surface area contributed by atoms with E-state index in [1.165, 1.54) is 0 Å². The first kappa shape index (κ1) is 19.3. The Morgan fingerprint density at radius 2 is 1.54 bits per heavy atom. The third-order valence-electron chi connectivity index (χ3n) is 4.69. The first-order valence-corrected chi connectivity index (χ1v) is 11.4. The zero-order chi connectivity index (χ0) is 19.7. The lowest BCUT2D eigenvalue weighted by atomic mass is 10.3. The first-order valence-electron chi connectivity index (χ1n) is 8.93. The van der Waals surface area contributed by atoms with E-state index < -0.39 is 10.0 Å². The Morgan fingerprint density at radius 1 is 0.929 bits per heavy atom. The smallest absolute Gasteiger partial charge is 0.243 e. The van der Waals surface area contributed by atoms with Gasteiger partial charge in [0, 0.05) is 48.2 Å². The summed E-state index contributed by atoms with van der Waals surface area (Å²) in [5, 5.41) is 0. The van der Waals surface area contributed by atoms with Gasteiger partial charge in [0.2, 0.25) is 10.0 Å². The van der Waals surface area contributed by atoms with E-state index in [-0.39, 0.29) is 0 Å². The summed E-state index contributed by atoms with van der Waals surface area (Å²) in [7, 11) is -3.47. The monoisotopic (exact) mass is 509 g/mol. The highest BCUT2D eigenvalue weighted by Crippen LogP contribution is 2.22. The van der Waals surface area contributed by atoms with E-state index in [0.717, 1.165) is 15.2 Å². The van der Waals surface area contributed by atoms with E-state index in [0.29, 0.717) is 36.9 Å². The highest BCUT2D eigenvalue weighted by Gasteiger charge is 2.29. The normalized spacial score (nSPS) is 15.7. The number of halogens is 1. The molecule has 0 spiro atoms. The Balaban J connectivity index is 1.51. The minimum atomic E-state index is -3.47. The fourth-order valence-corrected chi connectivity index (χ4v) is 5.01. The van der Waals surface area contributed by atoms with Crippen LogP contribution >= 0.6 is 22.6 Å². The second-order valence-corrected chi connectivity index (χ2v) is 9.75. The summed E-state index contributed by atoms with van der Waals surface area (Å²) in [6.07, 6.45) is 3.88. The lowest BCUT2D eigenvalue weighted by Gasteiger charge is -2.34. The van der Waals surface area contributed by atoms with Crippen molar-refractivity contribution in [3.63, 3.8) is 0 Å². The van der Waals surface area contributed by atoms with Gasteiger partial charge in [-0.1, -0.05) is 0 Å². The average Bonchev–Trinajstić information content (AvgIpc) is 3.23. The summed E-state index contributed by atoms with van der Waals surface area (Å²) < 4.78 is 30.3. The van der Waals surface area contributed by atoms with Crippen molar-refractivity contribution in [3.8, 4) is 5.82 Å². The van der Waals surface area contributed by atoms with Crippen molar-refractivity contribution in [2.75, 3.05) is 31.1 Å². The molecule has 1 saturated heterocycles. The van der Waals surface area contributed by atoms with E-state index in [1.54, 1.807) is 16.4 Å². The summed E-state index contributed by atoms with van der Waals surface area (Å²) >= 11 is 2.17. The molecule has 2 aromatic heterocycles. The molecule has 1 fully saturated rings. The third-order valence-corrected chi connectivity index (χ3v) is 7.33. The van der Waals surface area contributed by atoms with Crippen LogP contribution in [0, 0.1) is 10.5 Å². The Hall–Kier alpha value is -1.98. The van der Waals surface area contributed by atoms with Gasteiger partial charge in [-0.3, -0.25) is 0 Å². The molecule has 4 rings (SSSR count). The molecule has 146 valence electrons. The van der Waals surface area contributed by atoms with Crippen LogP contribution in [0.5, 0.6) is 0 Å². The zero-order valence-electron chi connectivity index (χ0n) is 15.4. The third kappa shape index (κ3) is 3.91. The van der Waals surface area contributed by atoms with E-state index in [1.807, 2.05) is 54.2 Å². The highest BCUT2D eigenvalue weighted by molar-refractivity contribution is 14.1. The minimum Gasteiger partial charge on any atom is -0.354 e. The van der Waals surface area contributed by atoms with Crippen molar-refractivity contribution < 1.29 is 8.42 Å². The predicted octanol–water partition coefficient (Wildman–Crippen LogP) is 2.69. The number of rotatable bonds is 4. The molecular formula is C19H20IN5O2S. The highest BCUT2D eigenvalue weighted by atomic mass is 127. The summed E-state index contributed by atoms with van der Waals surface area (Å²) in [5.41, 5.74) is 0. The van der Waals surface area contributed by atoms with Crippen molar-refractivity contribution in [1.29, 1.82) is 0 Å². The van der Waals surface area contributed by atoms with E-state index in [4.69, 9.17) is 0 Å². The van der Waals surface area contributed by atoms with Crippen LogP contribution < -0.4 is 4.90 Å². The van der Waals surface area contributed by atoms with Gasteiger partial charge in [0.1, 0.15) is 17.5 Å². The van der Waals surface area contributed by atoms with E-state index in [9.17, 15) is 8.42 Å². The molecular weight excluding hydrogens is 489 g/mol. The minimum absolute atomic E-state index is 0.342. The molecule has 0 saturated carbocycles. The summed E-state index contributed by atoms with van der Waals surface area (Å²) in [5.74, 6) is 2.32. The summed E-state index contributed by atoms with van der Waals surface area (Å²) in [6.45, 7) is 3.90. The zero-order valence-corrected chi connectivity index (χ0v) is 18.3. The van der Waals surface area contributed by atoms with Gasteiger partial charge in [-0.2, -0.15) is 4.31 Å². The summed E-state index contributed by atoms with van der Waals surface area (Å²) in [6, 6.07) is 12.8. The maximum absolute atomic E-state index is 12.9. The molecule has 0 amide bonds. The number of anilines is 1. The Morgan fingerprint density at radius 3 is 2.18 bits per heavy atom. The van der Waals surface area contributed by atoms with Gasteiger partial charge < -0.3 is 9.47 Å². The number of hydrogen-bond donors (Lipinski definition) is 0. The number of sulfonamides is 1. The lowest BCUT2D eigenvalue weighted by molar-refractivity contribution is 0.383. The Kier molecular flexibility index (Phi) is 5.39. The second kappa shape index (κ2) is 7.80. The van der Waals surface area contributed by atoms with Crippen LogP contribution in [-0.2, 0) is 10.0 Å². The van der Waals surface area contributed by atoms with Crippen LogP contribution in [0.1, 0.15) is 5.82 Å². The van der Waals surface area contributed by atoms with Gasteiger partial charge in [0.25, 0.3) is 0 Å². The van der Waals surface area contributed by atoms with Gasteiger partial charge in [0.05, 0.1) is 4.90 Å². The van der Waals surface area contributed by atoms with E-state index in [2.05, 4.69) is 37.5 Å². The number of aryl methyl sites for hydroxylation is 1. The molecule has 0 atom stereocenters. The van der Waals surface area contributed by atoms with Crippen LogP contribution in [0.15, 0.2) is 59.8 Å². The number of piperazine rings is 1. The molecule has 28 heavy (non-hydrogen) atoms. The molecule has 1 aliphatic heterocycles. The van der Waals surface area contributed by atoms with E-state index >= 15 is 0 Å². The quantitative estimate of drug-likeness (QED) is 0.506. The molecule has 3 heterocycles. The second-order valence-electron chi connectivity index (χ2n) is 6.57. The SMILES string of the molecule is Cc1nc(N2CCN(S(=O)(=O)c3ccc(I)cc3)CC2)cc(-n2cccc2)n1. The van der Waals surface area contributed by atoms with Gasteiger partial charge >= 0.3 is 0 Å². The maximum Gasteiger partial charge on any atom is 0.243 e. The Bertz CT molecular complexity index is 1060. The van der Waals surface area contributed by atoms with Gasteiger partial charge in [-0.25, -0.2) is 18.4 Å². The molecule has 0 unspecified atom stereocenters. The molecule has 3 aromatic rings. The fraction of sp³-hybridized carbons (Fsp3) is 0.263. The molecule has 0 aliphatic carbocycles. The number of benzene rings is 1. The number of nitrogens with zero attached hydrogens (tertiary/aromatic N) is 5. The van der Waals surface area contributed by atoms with Crippen molar-refractivity contribution in [1.82, 2.24) is 18.8 Å². The summed E-state index contributed by atoms with van der Waals surface area (Å²) in [4.78, 5) is 11.5. The van der Waals surface area contributed by atoms with Crippen molar-refractivity contribution in [2.24, 2.45) is 0 Å². The maximum atomic E-state index is 12.9. The topological polar surface area (TPSA) is 71.3 Å². The van der Waals surface area contributed by atoms with Crippen molar-refractivity contribution >= 4 is 38.4 Å². The van der Waals surface area contributed by atoms with Gasteiger partial charge in [-0.15, -0.1) is 0 Å². The van der Waals surface area contributed by atoms with Crippen LogP contribution in [0.2, 0.25) is 0 Å². The predicted molar refractivity (Wildman–Crippen MR) is 116 cm³/mol. The molecule has 0 radical (unpaired) electrons. The average molecular weight is 509 g/mol. The first-order chi connectivity index (χ1) is 13.4. The standard InChI is InChI=1S/C19H20IN5O2S/c1-15-21-18(23-8-2-3-9-23)14-19(22-15)24-10-12-25(13-11-24)28(26,27)17-6-4-16(20)5-7-17/h2-9,14H,10-13H2,1H3. The van der Waals surface area contributed by atoms with Crippen LogP contribution in [0.4, 0.5) is 5.82 Å². The largest absolute Gasteiger partial charge is 0.354 e. The Labute approximate surface area is 178 Å². The molecule has 9 heteroatoms. The molecule has 0 N–H and O–H groups in total.